The summed E-state index contributed by atoms with van der Waals surface area (Å²) in [6.45, 7) is 1.65. The Morgan fingerprint density at radius 2 is 1.77 bits per heavy atom. The van der Waals surface area contributed by atoms with Gasteiger partial charge in [-0.1, -0.05) is 30.3 Å². The zero-order valence-electron chi connectivity index (χ0n) is 17.3. The van der Waals surface area contributed by atoms with Crippen molar-refractivity contribution in [3.63, 3.8) is 0 Å². The highest BCUT2D eigenvalue weighted by atomic mass is 16.6. The van der Waals surface area contributed by atoms with Crippen molar-refractivity contribution in [2.24, 2.45) is 0 Å². The minimum Gasteiger partial charge on any atom is -0.497 e. The number of hydrogen-bond acceptors (Lipinski definition) is 5. The van der Waals surface area contributed by atoms with E-state index in [1.165, 1.54) is 0 Å². The number of anilines is 1. The van der Waals surface area contributed by atoms with Crippen molar-refractivity contribution in [1.82, 2.24) is 4.90 Å². The maximum Gasteiger partial charge on any atom is 0.257 e. The van der Waals surface area contributed by atoms with Gasteiger partial charge in [-0.25, -0.2) is 0 Å². The maximum absolute atomic E-state index is 13.4. The summed E-state index contributed by atoms with van der Waals surface area (Å²) in [7, 11) is 1.66. The first-order valence-corrected chi connectivity index (χ1v) is 10.4. The van der Waals surface area contributed by atoms with Gasteiger partial charge in [-0.05, 0) is 53.9 Å². The van der Waals surface area contributed by atoms with Crippen LogP contribution in [0.2, 0.25) is 0 Å². The monoisotopic (exact) mass is 416 g/mol. The van der Waals surface area contributed by atoms with Crippen molar-refractivity contribution in [3.8, 4) is 17.2 Å². The third-order valence-electron chi connectivity index (χ3n) is 5.70. The lowest BCUT2D eigenvalue weighted by molar-refractivity contribution is 0.0685. The number of methoxy groups -OCH3 is 1. The number of para-hydroxylation sites is 1. The summed E-state index contributed by atoms with van der Waals surface area (Å²) in [5.74, 6) is 2.29. The van der Waals surface area contributed by atoms with Crippen LogP contribution in [0, 0.1) is 0 Å². The zero-order chi connectivity index (χ0) is 21.2. The second kappa shape index (κ2) is 8.22. The lowest BCUT2D eigenvalue weighted by Crippen LogP contribution is -2.44. The number of hydrogen-bond donors (Lipinski definition) is 1. The Hall–Kier alpha value is -3.67. The van der Waals surface area contributed by atoms with Gasteiger partial charge in [0.25, 0.3) is 5.91 Å². The molecule has 0 unspecified atom stereocenters. The fraction of sp³-hybridized carbons (Fsp3) is 0.240. The number of benzene rings is 3. The average Bonchev–Trinajstić information content (AvgIpc) is 2.83. The smallest absolute Gasteiger partial charge is 0.257 e. The fourth-order valence-electron chi connectivity index (χ4n) is 4.06. The molecule has 0 bridgehead atoms. The first-order valence-electron chi connectivity index (χ1n) is 10.4. The van der Waals surface area contributed by atoms with Gasteiger partial charge in [0.1, 0.15) is 25.1 Å². The number of rotatable bonds is 5. The van der Waals surface area contributed by atoms with Crippen LogP contribution >= 0.6 is 0 Å². The molecule has 158 valence electrons. The lowest BCUT2D eigenvalue weighted by Gasteiger charge is -2.38. The normalized spacial score (nSPS) is 17.0. The number of fused-ring (bicyclic) bond motifs is 2. The quantitative estimate of drug-likeness (QED) is 0.673. The molecular formula is C25H24N2O4. The van der Waals surface area contributed by atoms with Crippen molar-refractivity contribution < 1.29 is 19.0 Å². The molecule has 0 saturated heterocycles. The summed E-state index contributed by atoms with van der Waals surface area (Å²) >= 11 is 0. The van der Waals surface area contributed by atoms with Crippen LogP contribution in [0.15, 0.2) is 66.7 Å². The molecule has 2 aliphatic rings. The van der Waals surface area contributed by atoms with E-state index in [9.17, 15) is 4.79 Å². The third kappa shape index (κ3) is 3.77. The van der Waals surface area contributed by atoms with Gasteiger partial charge in [-0.2, -0.15) is 0 Å². The van der Waals surface area contributed by atoms with E-state index in [4.69, 9.17) is 14.2 Å². The van der Waals surface area contributed by atoms with E-state index in [1.54, 1.807) is 7.11 Å². The highest BCUT2D eigenvalue weighted by Gasteiger charge is 2.33. The zero-order valence-corrected chi connectivity index (χ0v) is 17.3. The number of carbonyl (C=O) groups excluding carboxylic acids is 1. The molecule has 31 heavy (non-hydrogen) atoms. The van der Waals surface area contributed by atoms with Gasteiger partial charge in [0.2, 0.25) is 0 Å². The first kappa shape index (κ1) is 19.3. The molecule has 3 aromatic rings. The first-order chi connectivity index (χ1) is 15.2. The summed E-state index contributed by atoms with van der Waals surface area (Å²) in [6.07, 6.45) is 0.442. The summed E-state index contributed by atoms with van der Waals surface area (Å²) < 4.78 is 16.7. The van der Waals surface area contributed by atoms with Gasteiger partial charge in [0.15, 0.2) is 11.5 Å². The van der Waals surface area contributed by atoms with Crippen LogP contribution < -0.4 is 19.5 Å². The number of ether oxygens (including phenoxy) is 3. The van der Waals surface area contributed by atoms with E-state index in [2.05, 4.69) is 5.32 Å². The Morgan fingerprint density at radius 1 is 1.00 bits per heavy atom. The Bertz CT molecular complexity index is 1100. The highest BCUT2D eigenvalue weighted by molar-refractivity contribution is 6.01. The molecule has 0 fully saturated rings. The van der Waals surface area contributed by atoms with Crippen molar-refractivity contribution >= 4 is 11.6 Å². The molecule has 1 N–H and O–H groups in total. The Kier molecular flexibility index (Phi) is 5.12. The SMILES string of the molecule is COc1ccc(CCN2C(=O)c3ccccc3N[C@H]2c2ccc3c(c2)OCCO3)cc1. The lowest BCUT2D eigenvalue weighted by atomic mass is 10.0. The van der Waals surface area contributed by atoms with E-state index in [1.807, 2.05) is 71.6 Å². The van der Waals surface area contributed by atoms with E-state index in [0.717, 1.165) is 34.7 Å². The summed E-state index contributed by atoms with van der Waals surface area (Å²) in [6, 6.07) is 21.5. The molecule has 0 saturated carbocycles. The van der Waals surface area contributed by atoms with E-state index in [-0.39, 0.29) is 12.1 Å². The molecule has 2 aliphatic heterocycles. The summed E-state index contributed by atoms with van der Waals surface area (Å²) in [5.41, 5.74) is 3.63. The van der Waals surface area contributed by atoms with Crippen molar-refractivity contribution in [2.45, 2.75) is 12.6 Å². The molecule has 0 spiro atoms. The molecule has 0 aromatic heterocycles. The van der Waals surface area contributed by atoms with Crippen LogP contribution in [0.3, 0.4) is 0 Å². The molecule has 0 radical (unpaired) electrons. The highest BCUT2D eigenvalue weighted by Crippen LogP contribution is 2.38. The summed E-state index contributed by atoms with van der Waals surface area (Å²) in [5, 5.41) is 3.54. The number of nitrogens with zero attached hydrogens (tertiary/aromatic N) is 1. The average molecular weight is 416 g/mol. The van der Waals surface area contributed by atoms with Crippen molar-refractivity contribution in [1.29, 1.82) is 0 Å². The number of amides is 1. The topological polar surface area (TPSA) is 60.0 Å². The Labute approximate surface area is 181 Å². The molecule has 6 heteroatoms. The van der Waals surface area contributed by atoms with Gasteiger partial charge in [0.05, 0.1) is 12.7 Å². The second-order valence-corrected chi connectivity index (χ2v) is 7.59. The molecule has 6 nitrogen and oxygen atoms in total. The molecule has 3 aromatic carbocycles. The third-order valence-corrected chi connectivity index (χ3v) is 5.70. The summed E-state index contributed by atoms with van der Waals surface area (Å²) in [4.78, 5) is 15.3. The molecule has 1 atom stereocenters. The minimum atomic E-state index is -0.295. The Morgan fingerprint density at radius 3 is 2.58 bits per heavy atom. The van der Waals surface area contributed by atoms with Gasteiger partial charge >= 0.3 is 0 Å². The predicted octanol–water partition coefficient (Wildman–Crippen LogP) is 4.28. The molecule has 2 heterocycles. The predicted molar refractivity (Wildman–Crippen MR) is 118 cm³/mol. The second-order valence-electron chi connectivity index (χ2n) is 7.59. The van der Waals surface area contributed by atoms with Gasteiger partial charge in [-0.15, -0.1) is 0 Å². The van der Waals surface area contributed by atoms with Crippen LogP contribution in [0.25, 0.3) is 0 Å². The van der Waals surface area contributed by atoms with Crippen molar-refractivity contribution in [2.75, 3.05) is 32.2 Å². The molecule has 1 amide bonds. The van der Waals surface area contributed by atoms with Crippen LogP contribution in [0.1, 0.15) is 27.7 Å². The van der Waals surface area contributed by atoms with E-state index in [0.29, 0.717) is 31.1 Å². The van der Waals surface area contributed by atoms with Crippen LogP contribution in [0.5, 0.6) is 17.2 Å². The van der Waals surface area contributed by atoms with Crippen LogP contribution in [0.4, 0.5) is 5.69 Å². The molecule has 5 rings (SSSR count). The molecular weight excluding hydrogens is 392 g/mol. The number of carbonyl (C=O) groups is 1. The van der Waals surface area contributed by atoms with Gasteiger partial charge < -0.3 is 24.4 Å². The van der Waals surface area contributed by atoms with Crippen LogP contribution in [-0.2, 0) is 6.42 Å². The van der Waals surface area contributed by atoms with Gasteiger partial charge in [0, 0.05) is 12.2 Å². The molecule has 0 aliphatic carbocycles. The van der Waals surface area contributed by atoms with Gasteiger partial charge in [-0.3, -0.25) is 4.79 Å². The van der Waals surface area contributed by atoms with E-state index >= 15 is 0 Å². The largest absolute Gasteiger partial charge is 0.497 e. The Balaban J connectivity index is 1.45. The standard InChI is InChI=1S/C25H24N2O4/c1-29-19-9-6-17(7-10-19)12-13-27-24(26-21-5-3-2-4-20(21)25(27)28)18-8-11-22-23(16-18)31-15-14-30-22/h2-11,16,24,26H,12-15H2,1H3/t24-/m1/s1. The van der Waals surface area contributed by atoms with Crippen molar-refractivity contribution in [3.05, 3.63) is 83.4 Å². The van der Waals surface area contributed by atoms with Crippen LogP contribution in [-0.4, -0.2) is 37.7 Å². The number of nitrogens with one attached hydrogen (secondary N) is 1. The maximum atomic E-state index is 13.4. The fourth-order valence-corrected chi connectivity index (χ4v) is 4.06. The minimum absolute atomic E-state index is 0.0164. The van der Waals surface area contributed by atoms with E-state index < -0.39 is 0 Å².